The Morgan fingerprint density at radius 3 is 2.56 bits per heavy atom. The molecule has 0 aromatic heterocycles. The van der Waals surface area contributed by atoms with Crippen LogP contribution in [0.3, 0.4) is 0 Å². The van der Waals surface area contributed by atoms with Gasteiger partial charge in [0.1, 0.15) is 11.5 Å². The summed E-state index contributed by atoms with van der Waals surface area (Å²) in [6.45, 7) is 1.50. The smallest absolute Gasteiger partial charge is 0.163 e. The third-order valence-electron chi connectivity index (χ3n) is 2.38. The van der Waals surface area contributed by atoms with Crippen molar-refractivity contribution < 1.29 is 9.53 Å². The summed E-state index contributed by atoms with van der Waals surface area (Å²) >= 11 is 9.38. The summed E-state index contributed by atoms with van der Waals surface area (Å²) in [6.07, 6.45) is 0. The molecule has 2 rings (SSSR count). The first-order chi connectivity index (χ1) is 8.58. The van der Waals surface area contributed by atoms with E-state index in [0.717, 1.165) is 4.47 Å². The van der Waals surface area contributed by atoms with Gasteiger partial charge in [0, 0.05) is 4.47 Å². The van der Waals surface area contributed by atoms with E-state index in [0.29, 0.717) is 22.1 Å². The normalized spacial score (nSPS) is 10.2. The molecule has 0 saturated heterocycles. The van der Waals surface area contributed by atoms with Crippen LogP contribution in [0.25, 0.3) is 0 Å². The van der Waals surface area contributed by atoms with Gasteiger partial charge in [0.25, 0.3) is 0 Å². The first-order valence-corrected chi connectivity index (χ1v) is 6.48. The third kappa shape index (κ3) is 2.92. The first kappa shape index (κ1) is 13.1. The minimum atomic E-state index is -0.0513. The Kier molecular flexibility index (Phi) is 4.04. The number of Topliss-reactive ketones (excluding diaryl/α,β-unsaturated/α-hetero) is 1. The number of ether oxygens (including phenoxy) is 1. The highest BCUT2D eigenvalue weighted by molar-refractivity contribution is 9.10. The minimum absolute atomic E-state index is 0.0513. The lowest BCUT2D eigenvalue weighted by molar-refractivity contribution is 0.101. The molecule has 4 heteroatoms. The SMILES string of the molecule is CC(=O)c1ccc(Br)cc1Oc1ccccc1Cl. The molecule has 2 nitrogen and oxygen atoms in total. The van der Waals surface area contributed by atoms with Crippen molar-refractivity contribution in [2.75, 3.05) is 0 Å². The van der Waals surface area contributed by atoms with E-state index in [1.54, 1.807) is 30.3 Å². The molecule has 0 fully saturated rings. The maximum atomic E-state index is 11.5. The fraction of sp³-hybridized carbons (Fsp3) is 0.0714. The maximum absolute atomic E-state index is 11.5. The molecule has 0 aliphatic carbocycles. The zero-order valence-corrected chi connectivity index (χ0v) is 12.0. The average molecular weight is 326 g/mol. The lowest BCUT2D eigenvalue weighted by Gasteiger charge is -2.11. The fourth-order valence-corrected chi connectivity index (χ4v) is 2.03. The number of para-hydroxylation sites is 1. The van der Waals surface area contributed by atoms with Crippen LogP contribution in [0.5, 0.6) is 11.5 Å². The number of carbonyl (C=O) groups excluding carboxylic acids is 1. The van der Waals surface area contributed by atoms with Gasteiger partial charge in [0.2, 0.25) is 0 Å². The van der Waals surface area contributed by atoms with Crippen molar-refractivity contribution in [3.05, 3.63) is 57.5 Å². The van der Waals surface area contributed by atoms with Crippen molar-refractivity contribution in [3.8, 4) is 11.5 Å². The molecule has 92 valence electrons. The summed E-state index contributed by atoms with van der Waals surface area (Å²) in [4.78, 5) is 11.5. The number of carbonyl (C=O) groups is 1. The first-order valence-electron chi connectivity index (χ1n) is 5.31. The van der Waals surface area contributed by atoms with Crippen LogP contribution in [-0.4, -0.2) is 5.78 Å². The van der Waals surface area contributed by atoms with Gasteiger partial charge in [-0.15, -0.1) is 0 Å². The molecule has 0 spiro atoms. The largest absolute Gasteiger partial charge is 0.455 e. The zero-order valence-electron chi connectivity index (χ0n) is 9.61. The van der Waals surface area contributed by atoms with Gasteiger partial charge >= 0.3 is 0 Å². The summed E-state index contributed by atoms with van der Waals surface area (Å²) in [6, 6.07) is 12.4. The molecule has 0 atom stereocenters. The van der Waals surface area contributed by atoms with Crippen molar-refractivity contribution in [2.24, 2.45) is 0 Å². The van der Waals surface area contributed by atoms with Gasteiger partial charge in [-0.25, -0.2) is 0 Å². The van der Waals surface area contributed by atoms with Crippen LogP contribution in [0, 0.1) is 0 Å². The Labute approximate surface area is 119 Å². The Morgan fingerprint density at radius 1 is 1.17 bits per heavy atom. The Bertz CT molecular complexity index is 596. The summed E-state index contributed by atoms with van der Waals surface area (Å²) < 4.78 is 6.54. The topological polar surface area (TPSA) is 26.3 Å². The number of ketones is 1. The van der Waals surface area contributed by atoms with E-state index >= 15 is 0 Å². The van der Waals surface area contributed by atoms with E-state index in [1.165, 1.54) is 6.92 Å². The molecule has 0 amide bonds. The van der Waals surface area contributed by atoms with Crippen LogP contribution in [0.1, 0.15) is 17.3 Å². The van der Waals surface area contributed by atoms with Crippen LogP contribution in [0.15, 0.2) is 46.9 Å². The second-order valence-corrected chi connectivity index (χ2v) is 5.05. The molecule has 0 radical (unpaired) electrons. The Morgan fingerprint density at radius 2 is 1.89 bits per heavy atom. The van der Waals surface area contributed by atoms with E-state index in [9.17, 15) is 4.79 Å². The maximum Gasteiger partial charge on any atom is 0.163 e. The van der Waals surface area contributed by atoms with Crippen LogP contribution in [-0.2, 0) is 0 Å². The molecule has 0 aliphatic heterocycles. The van der Waals surface area contributed by atoms with Gasteiger partial charge in [0.15, 0.2) is 5.78 Å². The highest BCUT2D eigenvalue weighted by Crippen LogP contribution is 2.32. The van der Waals surface area contributed by atoms with E-state index < -0.39 is 0 Å². The molecule has 2 aromatic carbocycles. The number of benzene rings is 2. The van der Waals surface area contributed by atoms with Crippen molar-refractivity contribution in [1.82, 2.24) is 0 Å². The van der Waals surface area contributed by atoms with Gasteiger partial charge in [-0.05, 0) is 37.3 Å². The van der Waals surface area contributed by atoms with Gasteiger partial charge in [-0.2, -0.15) is 0 Å². The van der Waals surface area contributed by atoms with Gasteiger partial charge in [0.05, 0.1) is 10.6 Å². The quantitative estimate of drug-likeness (QED) is 0.734. The standard InChI is InChI=1S/C14H10BrClO2/c1-9(17)11-7-6-10(15)8-14(11)18-13-5-3-2-4-12(13)16/h2-8H,1H3. The van der Waals surface area contributed by atoms with Crippen LogP contribution < -0.4 is 4.74 Å². The van der Waals surface area contributed by atoms with Crippen molar-refractivity contribution in [3.63, 3.8) is 0 Å². The molecule has 0 heterocycles. The molecule has 0 unspecified atom stereocenters. The van der Waals surface area contributed by atoms with Gasteiger partial charge < -0.3 is 4.74 Å². The van der Waals surface area contributed by atoms with Crippen LogP contribution in [0.4, 0.5) is 0 Å². The van der Waals surface area contributed by atoms with Crippen molar-refractivity contribution >= 4 is 33.3 Å². The molecule has 2 aromatic rings. The van der Waals surface area contributed by atoms with Gasteiger partial charge in [-0.1, -0.05) is 39.7 Å². The Balaban J connectivity index is 2.42. The van der Waals surface area contributed by atoms with E-state index in [2.05, 4.69) is 15.9 Å². The predicted molar refractivity (Wildman–Crippen MR) is 75.7 cm³/mol. The summed E-state index contributed by atoms with van der Waals surface area (Å²) in [5, 5.41) is 0.506. The van der Waals surface area contributed by atoms with Crippen LogP contribution >= 0.6 is 27.5 Å². The number of halogens is 2. The zero-order chi connectivity index (χ0) is 13.1. The Hall–Kier alpha value is -1.32. The number of hydrogen-bond acceptors (Lipinski definition) is 2. The van der Waals surface area contributed by atoms with Gasteiger partial charge in [-0.3, -0.25) is 4.79 Å². The summed E-state index contributed by atoms with van der Waals surface area (Å²) in [7, 11) is 0. The van der Waals surface area contributed by atoms with E-state index in [4.69, 9.17) is 16.3 Å². The lowest BCUT2D eigenvalue weighted by atomic mass is 10.1. The molecule has 18 heavy (non-hydrogen) atoms. The molecular weight excluding hydrogens is 316 g/mol. The summed E-state index contributed by atoms with van der Waals surface area (Å²) in [5.41, 5.74) is 0.526. The number of hydrogen-bond donors (Lipinski definition) is 0. The van der Waals surface area contributed by atoms with Crippen molar-refractivity contribution in [1.29, 1.82) is 0 Å². The van der Waals surface area contributed by atoms with E-state index in [-0.39, 0.29) is 5.78 Å². The lowest BCUT2D eigenvalue weighted by Crippen LogP contribution is -1.97. The molecule has 0 aliphatic rings. The minimum Gasteiger partial charge on any atom is -0.455 e. The predicted octanol–water partition coefficient (Wildman–Crippen LogP) is 5.10. The second kappa shape index (κ2) is 5.55. The van der Waals surface area contributed by atoms with Crippen molar-refractivity contribution in [2.45, 2.75) is 6.92 Å². The molecule has 0 N–H and O–H groups in total. The molecule has 0 saturated carbocycles. The highest BCUT2D eigenvalue weighted by Gasteiger charge is 2.11. The summed E-state index contributed by atoms with van der Waals surface area (Å²) in [5.74, 6) is 0.967. The third-order valence-corrected chi connectivity index (χ3v) is 3.19. The molecule has 0 bridgehead atoms. The molecular formula is C14H10BrClO2. The fourth-order valence-electron chi connectivity index (χ4n) is 1.52. The monoisotopic (exact) mass is 324 g/mol. The number of rotatable bonds is 3. The van der Waals surface area contributed by atoms with Crippen LogP contribution in [0.2, 0.25) is 5.02 Å². The average Bonchev–Trinajstić information content (AvgIpc) is 2.32. The van der Waals surface area contributed by atoms with E-state index in [1.807, 2.05) is 12.1 Å². The second-order valence-electron chi connectivity index (χ2n) is 3.73. The highest BCUT2D eigenvalue weighted by atomic mass is 79.9.